The fraction of sp³-hybridized carbons (Fsp3) is 0.250. The molecule has 0 fully saturated rings. The zero-order chi connectivity index (χ0) is 18.9. The first-order chi connectivity index (χ1) is 12.5. The first-order valence-electron chi connectivity index (χ1n) is 8.16. The third-order valence-electron chi connectivity index (χ3n) is 3.53. The van der Waals surface area contributed by atoms with Gasteiger partial charge in [-0.3, -0.25) is 0 Å². The summed E-state index contributed by atoms with van der Waals surface area (Å²) >= 11 is 6.92. The Balaban J connectivity index is 1.87. The van der Waals surface area contributed by atoms with E-state index in [0.717, 1.165) is 25.8 Å². The van der Waals surface area contributed by atoms with Crippen molar-refractivity contribution in [1.29, 1.82) is 0 Å². The molecule has 26 heavy (non-hydrogen) atoms. The molecule has 138 valence electrons. The predicted molar refractivity (Wildman–Crippen MR) is 110 cm³/mol. The van der Waals surface area contributed by atoms with Crippen molar-refractivity contribution in [3.05, 3.63) is 68.6 Å². The molecule has 2 rings (SSSR count). The van der Waals surface area contributed by atoms with Crippen LogP contribution < -0.4 is 4.74 Å². The van der Waals surface area contributed by atoms with Gasteiger partial charge in [-0.2, -0.15) is 0 Å². The molecule has 1 N–H and O–H groups in total. The summed E-state index contributed by atoms with van der Waals surface area (Å²) in [4.78, 5) is 11.1. The second-order valence-electron chi connectivity index (χ2n) is 5.55. The maximum atomic E-state index is 11.1. The molecule has 1 unspecified atom stereocenters. The molecule has 0 radical (unpaired) electrons. The van der Waals surface area contributed by atoms with Crippen LogP contribution in [0.4, 0.5) is 0 Å². The Morgan fingerprint density at radius 3 is 2.38 bits per heavy atom. The molecule has 1 atom stereocenters. The molecule has 0 heterocycles. The van der Waals surface area contributed by atoms with E-state index in [9.17, 15) is 4.79 Å². The third kappa shape index (κ3) is 6.94. The van der Waals surface area contributed by atoms with Gasteiger partial charge in [-0.25, -0.2) is 4.79 Å². The highest BCUT2D eigenvalue weighted by Crippen LogP contribution is 2.21. The fourth-order valence-corrected chi connectivity index (χ4v) is 3.68. The number of carboxylic acid groups (broad SMARTS) is 1. The van der Waals surface area contributed by atoms with Gasteiger partial charge in [0.1, 0.15) is 12.4 Å². The second kappa shape index (κ2) is 10.5. The van der Waals surface area contributed by atoms with Gasteiger partial charge in [0.2, 0.25) is 0 Å². The van der Waals surface area contributed by atoms with Crippen molar-refractivity contribution in [2.45, 2.75) is 19.4 Å². The summed E-state index contributed by atoms with van der Waals surface area (Å²) < 4.78 is 12.9. The van der Waals surface area contributed by atoms with Crippen molar-refractivity contribution >= 4 is 43.9 Å². The number of benzene rings is 2. The van der Waals surface area contributed by atoms with E-state index in [1.54, 1.807) is 6.92 Å². The molecule has 0 amide bonds. The Morgan fingerprint density at radius 1 is 1.15 bits per heavy atom. The average molecular weight is 484 g/mol. The highest BCUT2D eigenvalue weighted by Gasteiger charge is 2.17. The lowest BCUT2D eigenvalue weighted by atomic mass is 10.1. The van der Waals surface area contributed by atoms with Crippen LogP contribution in [0, 0.1) is 0 Å². The van der Waals surface area contributed by atoms with Gasteiger partial charge in [-0.05, 0) is 54.5 Å². The van der Waals surface area contributed by atoms with E-state index in [0.29, 0.717) is 19.6 Å². The van der Waals surface area contributed by atoms with Crippen LogP contribution in [0.3, 0.4) is 0 Å². The van der Waals surface area contributed by atoms with Gasteiger partial charge in [0, 0.05) is 22.0 Å². The molecule has 4 nitrogen and oxygen atoms in total. The smallest absolute Gasteiger partial charge is 0.333 e. The van der Waals surface area contributed by atoms with Crippen LogP contribution in [0.5, 0.6) is 5.75 Å². The van der Waals surface area contributed by atoms with Gasteiger partial charge in [0.05, 0.1) is 0 Å². The van der Waals surface area contributed by atoms with Gasteiger partial charge in [0.15, 0.2) is 6.10 Å². The molecule has 0 aromatic heterocycles. The predicted octanol–water partition coefficient (Wildman–Crippen LogP) is 5.34. The number of hydrogen-bond acceptors (Lipinski definition) is 3. The molecule has 2 aromatic rings. The van der Waals surface area contributed by atoms with Crippen molar-refractivity contribution in [3.8, 4) is 5.75 Å². The largest absolute Gasteiger partial charge is 0.490 e. The van der Waals surface area contributed by atoms with E-state index in [-0.39, 0.29) is 0 Å². The van der Waals surface area contributed by atoms with Gasteiger partial charge in [-0.15, -0.1) is 0 Å². The van der Waals surface area contributed by atoms with E-state index in [4.69, 9.17) is 14.6 Å². The zero-order valence-corrected chi connectivity index (χ0v) is 17.5. The molecule has 0 aliphatic heterocycles. The minimum atomic E-state index is -0.948. The highest BCUT2D eigenvalue weighted by molar-refractivity contribution is 9.11. The normalized spacial score (nSPS) is 12.3. The number of halogens is 2. The molecule has 2 aromatic carbocycles. The van der Waals surface area contributed by atoms with Crippen LogP contribution in [0.1, 0.15) is 18.1 Å². The number of rotatable bonds is 9. The summed E-state index contributed by atoms with van der Waals surface area (Å²) in [5.74, 6) is -0.214. The second-order valence-corrected chi connectivity index (χ2v) is 7.38. The molecular weight excluding hydrogens is 464 g/mol. The van der Waals surface area contributed by atoms with E-state index in [1.807, 2.05) is 54.6 Å². The van der Waals surface area contributed by atoms with Crippen LogP contribution in [0.15, 0.2) is 57.5 Å². The Labute approximate surface area is 170 Å². The van der Waals surface area contributed by atoms with Crippen LogP contribution in [-0.4, -0.2) is 30.4 Å². The standard InChI is InChI=1S/C20H20Br2O4/c1-2-25-19(20(23)24)12-14-5-7-18(8-6-14)26-9-3-4-15-10-16(21)13-17(22)11-15/h3-8,10-11,13,19H,2,9,12H2,1H3,(H,23,24)/b4-3+. The highest BCUT2D eigenvalue weighted by atomic mass is 79.9. The molecule has 0 spiro atoms. The molecule has 0 aliphatic rings. The molecule has 0 saturated carbocycles. The van der Waals surface area contributed by atoms with Crippen LogP contribution in [0.2, 0.25) is 0 Å². The lowest BCUT2D eigenvalue weighted by Crippen LogP contribution is -2.26. The van der Waals surface area contributed by atoms with Gasteiger partial charge in [0.25, 0.3) is 0 Å². The van der Waals surface area contributed by atoms with E-state index < -0.39 is 12.1 Å². The van der Waals surface area contributed by atoms with E-state index >= 15 is 0 Å². The topological polar surface area (TPSA) is 55.8 Å². The minimum absolute atomic E-state index is 0.334. The maximum Gasteiger partial charge on any atom is 0.333 e. The zero-order valence-electron chi connectivity index (χ0n) is 14.3. The lowest BCUT2D eigenvalue weighted by molar-refractivity contribution is -0.149. The van der Waals surface area contributed by atoms with Crippen molar-refractivity contribution in [2.75, 3.05) is 13.2 Å². The third-order valence-corrected chi connectivity index (χ3v) is 4.44. The number of aliphatic carboxylic acids is 1. The molecular formula is C20H20Br2O4. The van der Waals surface area contributed by atoms with Crippen molar-refractivity contribution in [3.63, 3.8) is 0 Å². The minimum Gasteiger partial charge on any atom is -0.490 e. The van der Waals surface area contributed by atoms with Crippen molar-refractivity contribution in [1.82, 2.24) is 0 Å². The summed E-state index contributed by atoms with van der Waals surface area (Å²) in [5.41, 5.74) is 1.97. The van der Waals surface area contributed by atoms with E-state index in [1.165, 1.54) is 0 Å². The van der Waals surface area contributed by atoms with Gasteiger partial charge in [-0.1, -0.05) is 50.1 Å². The van der Waals surface area contributed by atoms with Crippen LogP contribution >= 0.6 is 31.9 Å². The van der Waals surface area contributed by atoms with Crippen molar-refractivity contribution in [2.24, 2.45) is 0 Å². The van der Waals surface area contributed by atoms with Crippen LogP contribution in [-0.2, 0) is 16.0 Å². The Bertz CT molecular complexity index is 737. The number of hydrogen-bond donors (Lipinski definition) is 1. The SMILES string of the molecule is CCOC(Cc1ccc(OC/C=C/c2cc(Br)cc(Br)c2)cc1)C(=O)O. The summed E-state index contributed by atoms with van der Waals surface area (Å²) in [5, 5.41) is 9.13. The number of carboxylic acids is 1. The van der Waals surface area contributed by atoms with Gasteiger partial charge < -0.3 is 14.6 Å². The molecule has 6 heteroatoms. The summed E-state index contributed by atoms with van der Waals surface area (Å²) in [6.45, 7) is 2.60. The van der Waals surface area contributed by atoms with Crippen molar-refractivity contribution < 1.29 is 19.4 Å². The van der Waals surface area contributed by atoms with Gasteiger partial charge >= 0.3 is 5.97 Å². The Morgan fingerprint density at radius 2 is 1.81 bits per heavy atom. The summed E-state index contributed by atoms with van der Waals surface area (Å²) in [6.07, 6.45) is 3.45. The molecule has 0 saturated heterocycles. The molecule has 0 bridgehead atoms. The van der Waals surface area contributed by atoms with E-state index in [2.05, 4.69) is 31.9 Å². The summed E-state index contributed by atoms with van der Waals surface area (Å²) in [7, 11) is 0. The molecule has 0 aliphatic carbocycles. The quantitative estimate of drug-likeness (QED) is 0.523. The summed E-state index contributed by atoms with van der Waals surface area (Å²) in [6, 6.07) is 13.4. The Hall–Kier alpha value is -1.63. The fourth-order valence-electron chi connectivity index (χ4n) is 2.35. The lowest BCUT2D eigenvalue weighted by Gasteiger charge is -2.12. The first-order valence-corrected chi connectivity index (χ1v) is 9.75. The number of ether oxygens (including phenoxy) is 2. The maximum absolute atomic E-state index is 11.1. The monoisotopic (exact) mass is 482 g/mol. The average Bonchev–Trinajstić information content (AvgIpc) is 2.59. The first kappa shape index (κ1) is 20.7. The van der Waals surface area contributed by atoms with Crippen LogP contribution in [0.25, 0.3) is 6.08 Å². The Kier molecular flexibility index (Phi) is 8.35. The number of carbonyl (C=O) groups is 1.